The highest BCUT2D eigenvalue weighted by Gasteiger charge is 2.16. The minimum Gasteiger partial charge on any atom is -0.339 e. The fraction of sp³-hybridized carbons (Fsp3) is 0.429. The molecule has 1 aromatic carbocycles. The summed E-state index contributed by atoms with van der Waals surface area (Å²) in [7, 11) is 0. The van der Waals surface area contributed by atoms with E-state index < -0.39 is 0 Å². The van der Waals surface area contributed by atoms with E-state index in [0.29, 0.717) is 11.7 Å². The van der Waals surface area contributed by atoms with Gasteiger partial charge in [-0.3, -0.25) is 0 Å². The fourth-order valence-electron chi connectivity index (χ4n) is 1.76. The molecule has 0 N–H and O–H groups in total. The Bertz CT molecular complexity index is 535. The number of nitrogens with zero attached hydrogens (tertiary/aromatic N) is 2. The van der Waals surface area contributed by atoms with Gasteiger partial charge in [-0.2, -0.15) is 4.98 Å². The molecule has 2 aromatic rings. The molecule has 0 unspecified atom stereocenters. The number of benzene rings is 1. The maximum Gasteiger partial charge on any atom is 0.223 e. The number of aryl methyl sites for hydroxylation is 2. The van der Waals surface area contributed by atoms with Crippen LogP contribution in [0.1, 0.15) is 37.8 Å². The molecule has 1 heterocycles. The normalized spacial score (nSPS) is 11.8. The smallest absolute Gasteiger partial charge is 0.223 e. The average Bonchev–Trinajstić information content (AvgIpc) is 2.62. The predicted octanol–water partition coefficient (Wildman–Crippen LogP) is 3.65. The third-order valence-electron chi connectivity index (χ3n) is 2.73. The topological polar surface area (TPSA) is 38.9 Å². The standard InChI is InChI=1S/C14H18N2O/c1-9-6-11(13-15-10(2)17-16-13)8-12(7-9)14(3,4)5/h6-8H,1-5H3. The lowest BCUT2D eigenvalue weighted by molar-refractivity contribution is 0.394. The van der Waals surface area contributed by atoms with Crippen molar-refractivity contribution in [3.05, 3.63) is 35.2 Å². The molecule has 0 saturated heterocycles. The van der Waals surface area contributed by atoms with E-state index in [1.165, 1.54) is 11.1 Å². The summed E-state index contributed by atoms with van der Waals surface area (Å²) in [5, 5.41) is 3.96. The molecule has 0 amide bonds. The second-order valence-corrected chi connectivity index (χ2v) is 5.47. The molecule has 0 aliphatic carbocycles. The molecule has 3 heteroatoms. The summed E-state index contributed by atoms with van der Waals surface area (Å²) >= 11 is 0. The summed E-state index contributed by atoms with van der Waals surface area (Å²) in [6.45, 7) is 10.5. The van der Waals surface area contributed by atoms with Gasteiger partial charge >= 0.3 is 0 Å². The second-order valence-electron chi connectivity index (χ2n) is 5.47. The van der Waals surface area contributed by atoms with Crippen LogP contribution in [-0.2, 0) is 5.41 Å². The van der Waals surface area contributed by atoms with Crippen LogP contribution in [0, 0.1) is 13.8 Å². The van der Waals surface area contributed by atoms with E-state index in [9.17, 15) is 0 Å². The van der Waals surface area contributed by atoms with Gasteiger partial charge in [0, 0.05) is 12.5 Å². The van der Waals surface area contributed by atoms with Gasteiger partial charge in [0.05, 0.1) is 0 Å². The molecule has 0 aliphatic heterocycles. The van der Waals surface area contributed by atoms with Crippen molar-refractivity contribution in [3.63, 3.8) is 0 Å². The highest BCUT2D eigenvalue weighted by Crippen LogP contribution is 2.27. The molecule has 0 spiro atoms. The molecular formula is C14H18N2O. The lowest BCUT2D eigenvalue weighted by Crippen LogP contribution is -2.11. The van der Waals surface area contributed by atoms with Gasteiger partial charge in [0.2, 0.25) is 11.7 Å². The second kappa shape index (κ2) is 3.99. The zero-order chi connectivity index (χ0) is 12.6. The van der Waals surface area contributed by atoms with Crippen LogP contribution in [0.15, 0.2) is 22.7 Å². The van der Waals surface area contributed by atoms with E-state index in [1.807, 2.05) is 0 Å². The van der Waals surface area contributed by atoms with Gasteiger partial charge in [-0.25, -0.2) is 0 Å². The Balaban J connectivity index is 2.52. The summed E-state index contributed by atoms with van der Waals surface area (Å²) in [5.41, 5.74) is 3.65. The Labute approximate surface area is 102 Å². The van der Waals surface area contributed by atoms with E-state index in [0.717, 1.165) is 5.56 Å². The van der Waals surface area contributed by atoms with E-state index in [1.54, 1.807) is 6.92 Å². The van der Waals surface area contributed by atoms with Crippen molar-refractivity contribution in [3.8, 4) is 11.4 Å². The first kappa shape index (κ1) is 11.8. The SMILES string of the molecule is Cc1cc(-c2noc(C)n2)cc(C(C)(C)C)c1. The molecular weight excluding hydrogens is 212 g/mol. The number of rotatable bonds is 1. The lowest BCUT2D eigenvalue weighted by atomic mass is 9.85. The van der Waals surface area contributed by atoms with Crippen molar-refractivity contribution in [1.82, 2.24) is 10.1 Å². The Kier molecular flexibility index (Phi) is 2.77. The van der Waals surface area contributed by atoms with Crippen molar-refractivity contribution in [2.45, 2.75) is 40.0 Å². The van der Waals surface area contributed by atoms with Crippen LogP contribution >= 0.6 is 0 Å². The highest BCUT2D eigenvalue weighted by atomic mass is 16.5. The van der Waals surface area contributed by atoms with E-state index >= 15 is 0 Å². The first-order valence-electron chi connectivity index (χ1n) is 5.79. The molecule has 2 rings (SSSR count). The minimum absolute atomic E-state index is 0.125. The van der Waals surface area contributed by atoms with Gasteiger partial charge in [0.1, 0.15) is 0 Å². The summed E-state index contributed by atoms with van der Waals surface area (Å²) in [4.78, 5) is 4.27. The van der Waals surface area contributed by atoms with Gasteiger partial charge < -0.3 is 4.52 Å². The van der Waals surface area contributed by atoms with Gasteiger partial charge in [-0.1, -0.05) is 37.6 Å². The zero-order valence-electron chi connectivity index (χ0n) is 11.0. The van der Waals surface area contributed by atoms with Gasteiger partial charge in [0.25, 0.3) is 0 Å². The van der Waals surface area contributed by atoms with Gasteiger partial charge in [-0.15, -0.1) is 0 Å². The first-order chi connectivity index (χ1) is 7.86. The van der Waals surface area contributed by atoms with Crippen molar-refractivity contribution in [1.29, 1.82) is 0 Å². The van der Waals surface area contributed by atoms with Crippen LogP contribution in [0.2, 0.25) is 0 Å². The molecule has 0 fully saturated rings. The lowest BCUT2D eigenvalue weighted by Gasteiger charge is -2.20. The van der Waals surface area contributed by atoms with Gasteiger partial charge in [0.15, 0.2) is 0 Å². The first-order valence-corrected chi connectivity index (χ1v) is 5.79. The molecule has 0 bridgehead atoms. The summed E-state index contributed by atoms with van der Waals surface area (Å²) in [6, 6.07) is 6.42. The van der Waals surface area contributed by atoms with Crippen molar-refractivity contribution in [2.24, 2.45) is 0 Å². The third kappa shape index (κ3) is 2.54. The maximum atomic E-state index is 5.02. The molecule has 1 aromatic heterocycles. The maximum absolute atomic E-state index is 5.02. The van der Waals surface area contributed by atoms with Crippen molar-refractivity contribution >= 4 is 0 Å². The molecule has 17 heavy (non-hydrogen) atoms. The van der Waals surface area contributed by atoms with E-state index in [4.69, 9.17) is 4.52 Å². The Hall–Kier alpha value is -1.64. The highest BCUT2D eigenvalue weighted by molar-refractivity contribution is 5.57. The summed E-state index contributed by atoms with van der Waals surface area (Å²) < 4.78 is 5.02. The molecule has 0 atom stereocenters. The fourth-order valence-corrected chi connectivity index (χ4v) is 1.76. The number of aromatic nitrogens is 2. The summed E-state index contributed by atoms with van der Waals surface area (Å²) in [5.74, 6) is 1.26. The van der Waals surface area contributed by atoms with E-state index in [2.05, 4.69) is 56.0 Å². The zero-order valence-corrected chi connectivity index (χ0v) is 11.0. The number of hydrogen-bond acceptors (Lipinski definition) is 3. The van der Waals surface area contributed by atoms with E-state index in [-0.39, 0.29) is 5.41 Å². The molecule has 0 radical (unpaired) electrons. The quantitative estimate of drug-likeness (QED) is 0.750. The average molecular weight is 230 g/mol. The Morgan fingerprint density at radius 2 is 1.76 bits per heavy atom. The van der Waals surface area contributed by atoms with Crippen LogP contribution in [0.5, 0.6) is 0 Å². The Morgan fingerprint density at radius 1 is 1.06 bits per heavy atom. The van der Waals surface area contributed by atoms with Crippen LogP contribution in [0.3, 0.4) is 0 Å². The number of hydrogen-bond donors (Lipinski definition) is 0. The summed E-state index contributed by atoms with van der Waals surface area (Å²) in [6.07, 6.45) is 0. The Morgan fingerprint density at radius 3 is 2.29 bits per heavy atom. The largest absolute Gasteiger partial charge is 0.339 e. The van der Waals surface area contributed by atoms with Crippen molar-refractivity contribution < 1.29 is 4.52 Å². The predicted molar refractivity (Wildman–Crippen MR) is 67.9 cm³/mol. The van der Waals surface area contributed by atoms with Gasteiger partial charge in [-0.05, 0) is 30.0 Å². The van der Waals surface area contributed by atoms with Crippen LogP contribution in [0.25, 0.3) is 11.4 Å². The van der Waals surface area contributed by atoms with Crippen LogP contribution < -0.4 is 0 Å². The minimum atomic E-state index is 0.125. The van der Waals surface area contributed by atoms with Crippen molar-refractivity contribution in [2.75, 3.05) is 0 Å². The third-order valence-corrected chi connectivity index (χ3v) is 2.73. The van der Waals surface area contributed by atoms with Crippen LogP contribution in [-0.4, -0.2) is 10.1 Å². The molecule has 3 nitrogen and oxygen atoms in total. The molecule has 0 aliphatic rings. The van der Waals surface area contributed by atoms with Crippen LogP contribution in [0.4, 0.5) is 0 Å². The monoisotopic (exact) mass is 230 g/mol. The molecule has 90 valence electrons. The molecule has 0 saturated carbocycles.